The molecule has 0 aromatic heterocycles. The first kappa shape index (κ1) is 11.4. The third-order valence-corrected chi connectivity index (χ3v) is 4.34. The summed E-state index contributed by atoms with van der Waals surface area (Å²) in [5, 5.41) is 9.40. The van der Waals surface area contributed by atoms with Gasteiger partial charge < -0.3 is 5.11 Å². The minimum absolute atomic E-state index is 0.367. The molecule has 2 rings (SSSR count). The molecule has 1 N–H and O–H groups in total. The monoisotopic (exact) mass is 211 g/mol. The maximum absolute atomic E-state index is 9.40. The van der Waals surface area contributed by atoms with Crippen molar-refractivity contribution >= 4 is 0 Å². The second-order valence-electron chi connectivity index (χ2n) is 5.48. The van der Waals surface area contributed by atoms with Crippen molar-refractivity contribution in [1.29, 1.82) is 0 Å². The van der Waals surface area contributed by atoms with E-state index in [1.165, 1.54) is 51.5 Å². The topological polar surface area (TPSA) is 23.5 Å². The van der Waals surface area contributed by atoms with Crippen molar-refractivity contribution in [2.45, 2.75) is 64.0 Å². The molecule has 0 aromatic rings. The van der Waals surface area contributed by atoms with E-state index in [1.54, 1.807) is 0 Å². The molecule has 88 valence electrons. The number of rotatable bonds is 2. The van der Waals surface area contributed by atoms with Crippen molar-refractivity contribution in [1.82, 2.24) is 4.90 Å². The summed E-state index contributed by atoms with van der Waals surface area (Å²) in [7, 11) is 0. The molecule has 2 aliphatic rings. The molecule has 0 bridgehead atoms. The fraction of sp³-hybridized carbons (Fsp3) is 1.00. The molecule has 1 heterocycles. The van der Waals surface area contributed by atoms with Gasteiger partial charge in [-0.1, -0.05) is 13.3 Å². The Balaban J connectivity index is 1.90. The highest BCUT2D eigenvalue weighted by Crippen LogP contribution is 2.30. The van der Waals surface area contributed by atoms with Crippen LogP contribution in [-0.4, -0.2) is 35.2 Å². The predicted octanol–water partition coefficient (Wildman–Crippen LogP) is 2.41. The van der Waals surface area contributed by atoms with Gasteiger partial charge >= 0.3 is 0 Å². The Labute approximate surface area is 93.7 Å². The lowest BCUT2D eigenvalue weighted by Crippen LogP contribution is -2.49. The smallest absolute Gasteiger partial charge is 0.0586 e. The van der Waals surface area contributed by atoms with E-state index in [4.69, 9.17) is 0 Å². The summed E-state index contributed by atoms with van der Waals surface area (Å²) in [5.41, 5.74) is 0. The van der Waals surface area contributed by atoms with Gasteiger partial charge in [-0.05, 0) is 51.0 Å². The number of likely N-dealkylation sites (tertiary alicyclic amines) is 1. The van der Waals surface area contributed by atoms with E-state index < -0.39 is 0 Å². The van der Waals surface area contributed by atoms with Crippen LogP contribution in [0.1, 0.15) is 51.9 Å². The van der Waals surface area contributed by atoms with E-state index in [9.17, 15) is 5.11 Å². The standard InChI is InChI=1S/C13H25NO/c1-11-5-7-12(8-6-11)14-9-3-2-4-13(14)10-15/h11-13,15H,2-10H2,1H3/t11?,12?,13-/m1/s1. The Morgan fingerprint density at radius 2 is 1.80 bits per heavy atom. The molecular weight excluding hydrogens is 186 g/mol. The third-order valence-electron chi connectivity index (χ3n) is 4.34. The third kappa shape index (κ3) is 2.73. The van der Waals surface area contributed by atoms with Crippen LogP contribution in [0.4, 0.5) is 0 Å². The first-order valence-electron chi connectivity index (χ1n) is 6.68. The minimum Gasteiger partial charge on any atom is -0.395 e. The summed E-state index contributed by atoms with van der Waals surface area (Å²) in [6.45, 7) is 3.96. The number of nitrogens with zero attached hydrogens (tertiary/aromatic N) is 1. The number of piperidine rings is 1. The lowest BCUT2D eigenvalue weighted by molar-refractivity contribution is 0.0330. The minimum atomic E-state index is 0.367. The van der Waals surface area contributed by atoms with E-state index in [0.29, 0.717) is 12.6 Å². The predicted molar refractivity (Wildman–Crippen MR) is 62.9 cm³/mol. The van der Waals surface area contributed by atoms with Crippen molar-refractivity contribution in [2.24, 2.45) is 5.92 Å². The molecule has 15 heavy (non-hydrogen) atoms. The molecular formula is C13H25NO. The zero-order valence-electron chi connectivity index (χ0n) is 9.99. The molecule has 1 aliphatic carbocycles. The van der Waals surface area contributed by atoms with Crippen LogP contribution in [0, 0.1) is 5.92 Å². The molecule has 0 unspecified atom stereocenters. The van der Waals surface area contributed by atoms with Gasteiger partial charge in [-0.25, -0.2) is 0 Å². The van der Waals surface area contributed by atoms with Crippen molar-refractivity contribution in [3.8, 4) is 0 Å². The van der Waals surface area contributed by atoms with Crippen LogP contribution in [-0.2, 0) is 0 Å². The Kier molecular flexibility index (Phi) is 4.04. The van der Waals surface area contributed by atoms with Crippen LogP contribution in [0.25, 0.3) is 0 Å². The van der Waals surface area contributed by atoms with Crippen molar-refractivity contribution in [3.05, 3.63) is 0 Å². The van der Waals surface area contributed by atoms with Gasteiger partial charge in [0.2, 0.25) is 0 Å². The molecule has 1 aliphatic heterocycles. The van der Waals surface area contributed by atoms with E-state index in [1.807, 2.05) is 0 Å². The molecule has 0 radical (unpaired) electrons. The maximum Gasteiger partial charge on any atom is 0.0586 e. The zero-order valence-corrected chi connectivity index (χ0v) is 9.99. The van der Waals surface area contributed by atoms with E-state index in [0.717, 1.165) is 12.0 Å². The number of hydrogen-bond acceptors (Lipinski definition) is 2. The molecule has 0 spiro atoms. The van der Waals surface area contributed by atoms with Gasteiger partial charge in [-0.3, -0.25) is 4.90 Å². The summed E-state index contributed by atoms with van der Waals surface area (Å²) in [6.07, 6.45) is 9.35. The molecule has 0 amide bonds. The summed E-state index contributed by atoms with van der Waals surface area (Å²) in [5.74, 6) is 0.929. The SMILES string of the molecule is CC1CCC(N2CCCC[C@@H]2CO)CC1. The van der Waals surface area contributed by atoms with Crippen LogP contribution in [0.5, 0.6) is 0 Å². The zero-order chi connectivity index (χ0) is 10.7. The Bertz CT molecular complexity index is 187. The highest BCUT2D eigenvalue weighted by Gasteiger charge is 2.30. The van der Waals surface area contributed by atoms with Crippen molar-refractivity contribution in [2.75, 3.05) is 13.2 Å². The maximum atomic E-state index is 9.40. The van der Waals surface area contributed by atoms with Gasteiger partial charge in [0.05, 0.1) is 6.61 Å². The molecule has 1 atom stereocenters. The number of hydrogen-bond donors (Lipinski definition) is 1. The van der Waals surface area contributed by atoms with Gasteiger partial charge in [0.15, 0.2) is 0 Å². The summed E-state index contributed by atoms with van der Waals surface area (Å²) >= 11 is 0. The molecule has 2 nitrogen and oxygen atoms in total. The average Bonchev–Trinajstić information content (AvgIpc) is 2.30. The van der Waals surface area contributed by atoms with Crippen molar-refractivity contribution in [3.63, 3.8) is 0 Å². The lowest BCUT2D eigenvalue weighted by Gasteiger charge is -2.43. The molecule has 1 saturated heterocycles. The van der Waals surface area contributed by atoms with Gasteiger partial charge in [0.25, 0.3) is 0 Å². The Morgan fingerprint density at radius 1 is 1.07 bits per heavy atom. The van der Waals surface area contributed by atoms with Gasteiger partial charge in [0.1, 0.15) is 0 Å². The van der Waals surface area contributed by atoms with Crippen LogP contribution >= 0.6 is 0 Å². The van der Waals surface area contributed by atoms with E-state index in [2.05, 4.69) is 11.8 Å². The summed E-state index contributed by atoms with van der Waals surface area (Å²) in [6, 6.07) is 1.25. The molecule has 2 heteroatoms. The van der Waals surface area contributed by atoms with E-state index in [-0.39, 0.29) is 0 Å². The summed E-state index contributed by atoms with van der Waals surface area (Å²) in [4.78, 5) is 2.61. The summed E-state index contributed by atoms with van der Waals surface area (Å²) < 4.78 is 0. The molecule has 0 aromatic carbocycles. The average molecular weight is 211 g/mol. The van der Waals surface area contributed by atoms with Crippen LogP contribution in [0.15, 0.2) is 0 Å². The number of aliphatic hydroxyl groups excluding tert-OH is 1. The highest BCUT2D eigenvalue weighted by atomic mass is 16.3. The second-order valence-corrected chi connectivity index (χ2v) is 5.48. The highest BCUT2D eigenvalue weighted by molar-refractivity contribution is 4.85. The van der Waals surface area contributed by atoms with E-state index >= 15 is 0 Å². The van der Waals surface area contributed by atoms with Gasteiger partial charge in [-0.15, -0.1) is 0 Å². The fourth-order valence-electron chi connectivity index (χ4n) is 3.27. The number of aliphatic hydroxyl groups is 1. The van der Waals surface area contributed by atoms with Crippen LogP contribution in [0.2, 0.25) is 0 Å². The quantitative estimate of drug-likeness (QED) is 0.758. The fourth-order valence-corrected chi connectivity index (χ4v) is 3.27. The normalized spacial score (nSPS) is 39.2. The Hall–Kier alpha value is -0.0800. The van der Waals surface area contributed by atoms with Gasteiger partial charge in [-0.2, -0.15) is 0 Å². The lowest BCUT2D eigenvalue weighted by atomic mass is 9.85. The van der Waals surface area contributed by atoms with Gasteiger partial charge in [0, 0.05) is 12.1 Å². The van der Waals surface area contributed by atoms with Crippen LogP contribution in [0.3, 0.4) is 0 Å². The first-order valence-corrected chi connectivity index (χ1v) is 6.68. The first-order chi connectivity index (χ1) is 7.31. The largest absolute Gasteiger partial charge is 0.395 e. The molecule has 1 saturated carbocycles. The molecule has 2 fully saturated rings. The Morgan fingerprint density at radius 3 is 2.47 bits per heavy atom. The van der Waals surface area contributed by atoms with Crippen LogP contribution < -0.4 is 0 Å². The van der Waals surface area contributed by atoms with Crippen molar-refractivity contribution < 1.29 is 5.11 Å². The second kappa shape index (κ2) is 5.31.